The Morgan fingerprint density at radius 3 is 1.65 bits per heavy atom. The van der Waals surface area contributed by atoms with Crippen molar-refractivity contribution in [2.24, 2.45) is 4.99 Å². The van der Waals surface area contributed by atoms with E-state index in [1.807, 2.05) is 31.2 Å². The summed E-state index contributed by atoms with van der Waals surface area (Å²) < 4.78 is 0. The van der Waals surface area contributed by atoms with Gasteiger partial charge in [-0.25, -0.2) is 15.0 Å². The van der Waals surface area contributed by atoms with E-state index >= 15 is 0 Å². The van der Waals surface area contributed by atoms with Crippen LogP contribution in [-0.2, 0) is 0 Å². The summed E-state index contributed by atoms with van der Waals surface area (Å²) in [5.41, 5.74) is 13.9. The first kappa shape index (κ1) is 39.7. The molecule has 0 radical (unpaired) electrons. The largest absolute Gasteiger partial charge is 0.370 e. The molecule has 300 valence electrons. The Morgan fingerprint density at radius 2 is 1.10 bits per heavy atom. The molecule has 1 aromatic heterocycles. The van der Waals surface area contributed by atoms with Gasteiger partial charge in [-0.3, -0.25) is 4.99 Å². The van der Waals surface area contributed by atoms with Gasteiger partial charge in [0.25, 0.3) is 0 Å². The second-order valence-corrected chi connectivity index (χ2v) is 15.6. The number of aliphatic imine (C=N–C) groups is 1. The molecular weight excluding hydrogens is 755 g/mol. The van der Waals surface area contributed by atoms with Crippen LogP contribution in [0.3, 0.4) is 0 Å². The van der Waals surface area contributed by atoms with E-state index < -0.39 is 0 Å². The quantitative estimate of drug-likeness (QED) is 0.122. The zero-order valence-corrected chi connectivity index (χ0v) is 35.0. The van der Waals surface area contributed by atoms with Gasteiger partial charge < -0.3 is 4.90 Å². The second-order valence-electron chi connectivity index (χ2n) is 15.6. The Morgan fingerprint density at radius 1 is 0.581 bits per heavy atom. The molecule has 62 heavy (non-hydrogen) atoms. The van der Waals surface area contributed by atoms with Crippen LogP contribution >= 0.6 is 0 Å². The van der Waals surface area contributed by atoms with Crippen molar-refractivity contribution in [3.05, 3.63) is 235 Å². The molecule has 2 heterocycles. The summed E-state index contributed by atoms with van der Waals surface area (Å²) in [6, 6.07) is 53.8. The third-order valence-electron chi connectivity index (χ3n) is 11.5. The highest BCUT2D eigenvalue weighted by atomic mass is 15.1. The fourth-order valence-electron chi connectivity index (χ4n) is 8.17. The van der Waals surface area contributed by atoms with E-state index in [0.717, 1.165) is 67.8 Å². The lowest BCUT2D eigenvalue weighted by molar-refractivity contribution is 0.390. The maximum atomic E-state index is 5.35. The van der Waals surface area contributed by atoms with E-state index in [4.69, 9.17) is 15.0 Å². The molecule has 0 saturated carbocycles. The van der Waals surface area contributed by atoms with Gasteiger partial charge >= 0.3 is 0 Å². The average Bonchev–Trinajstić information content (AvgIpc) is 3.35. The molecule has 1 aliphatic carbocycles. The van der Waals surface area contributed by atoms with Gasteiger partial charge in [0.05, 0.1) is 11.7 Å². The van der Waals surface area contributed by atoms with Gasteiger partial charge in [-0.15, -0.1) is 0 Å². The first-order valence-electron chi connectivity index (χ1n) is 21.1. The minimum Gasteiger partial charge on any atom is -0.370 e. The van der Waals surface area contributed by atoms with Gasteiger partial charge in [0.2, 0.25) is 0 Å². The van der Waals surface area contributed by atoms with Crippen molar-refractivity contribution in [1.82, 2.24) is 19.9 Å². The minimum atomic E-state index is 0.153. The Bertz CT molecular complexity index is 2900. The van der Waals surface area contributed by atoms with Gasteiger partial charge in [0.15, 0.2) is 17.5 Å². The van der Waals surface area contributed by atoms with Crippen LogP contribution in [-0.4, -0.2) is 33.1 Å². The second kappa shape index (κ2) is 18.2. The lowest BCUT2D eigenvalue weighted by atomic mass is 9.86. The Kier molecular flexibility index (Phi) is 11.7. The predicted molar refractivity (Wildman–Crippen MR) is 258 cm³/mol. The molecule has 0 spiro atoms. The summed E-state index contributed by atoms with van der Waals surface area (Å²) in [4.78, 5) is 22.6. The zero-order valence-electron chi connectivity index (χ0n) is 35.0. The first-order valence-corrected chi connectivity index (χ1v) is 21.1. The average molecular weight is 802 g/mol. The number of rotatable bonds is 11. The zero-order chi connectivity index (χ0) is 42.3. The van der Waals surface area contributed by atoms with Crippen LogP contribution in [0.1, 0.15) is 36.4 Å². The Labute approximate surface area is 365 Å². The van der Waals surface area contributed by atoms with Crippen LogP contribution in [0.4, 0.5) is 0 Å². The van der Waals surface area contributed by atoms with Gasteiger partial charge in [0, 0.05) is 35.9 Å². The van der Waals surface area contributed by atoms with E-state index in [1.54, 1.807) is 12.3 Å². The van der Waals surface area contributed by atoms with Crippen molar-refractivity contribution >= 4 is 6.21 Å². The SMILES string of the molecule is C=C/C=N\C(=C/C)C1=CCC(c2cc(-c3ccccc3)cc(-c3nc(-c4ccccc4)nc(-c4cc(-c5ccccc5)cc(-c5ccc(C6C=CC=CN6C)cc5)c4)n3)c2)C=C1. The van der Waals surface area contributed by atoms with E-state index in [0.29, 0.717) is 17.5 Å². The van der Waals surface area contributed by atoms with Crippen LogP contribution in [0, 0.1) is 0 Å². The molecule has 0 fully saturated rings. The standard InChI is InChI=1S/C57H47N5/c1-4-32-58-53(5-2)44-28-24-42(25-29-44)49-34-47(40-17-9-6-10-18-40)36-51(38-49)56-59-55(46-21-13-8-14-22-46)60-57(61-56)52-37-48(41-19-11-7-12-20-41)35-50(39-52)43-26-30-45(31-27-43)54-23-15-16-33-62(54)3/h4-24,26-39,42,54H,1,25H2,2-3H3/b53-5-,58-32-. The van der Waals surface area contributed by atoms with E-state index in [9.17, 15) is 0 Å². The van der Waals surface area contributed by atoms with Crippen molar-refractivity contribution in [3.8, 4) is 67.5 Å². The molecule has 2 unspecified atom stereocenters. The number of aromatic nitrogens is 3. The number of likely N-dealkylation sites (N-methyl/N-ethyl adjacent to an activating group) is 1. The van der Waals surface area contributed by atoms with Crippen molar-refractivity contribution in [3.63, 3.8) is 0 Å². The maximum Gasteiger partial charge on any atom is 0.164 e. The molecule has 5 nitrogen and oxygen atoms in total. The molecule has 2 aliphatic rings. The first-order chi connectivity index (χ1) is 30.5. The highest BCUT2D eigenvalue weighted by Crippen LogP contribution is 2.38. The van der Waals surface area contributed by atoms with Crippen LogP contribution in [0.25, 0.3) is 67.5 Å². The molecule has 0 N–H and O–H groups in total. The molecule has 5 heteroatoms. The van der Waals surface area contributed by atoms with E-state index in [-0.39, 0.29) is 12.0 Å². The monoisotopic (exact) mass is 801 g/mol. The molecule has 7 aromatic rings. The highest BCUT2D eigenvalue weighted by Gasteiger charge is 2.20. The van der Waals surface area contributed by atoms with Gasteiger partial charge in [0.1, 0.15) is 0 Å². The van der Waals surface area contributed by atoms with Crippen molar-refractivity contribution < 1.29 is 0 Å². The summed E-state index contributed by atoms with van der Waals surface area (Å²) in [5, 5.41) is 0. The van der Waals surface area contributed by atoms with Crippen molar-refractivity contribution in [2.75, 3.05) is 7.05 Å². The molecule has 1 aliphatic heterocycles. The molecule has 2 atom stereocenters. The molecule has 6 aromatic carbocycles. The van der Waals surface area contributed by atoms with Crippen LogP contribution < -0.4 is 0 Å². The van der Waals surface area contributed by atoms with Crippen molar-refractivity contribution in [2.45, 2.75) is 25.3 Å². The topological polar surface area (TPSA) is 54.3 Å². The fourth-order valence-corrected chi connectivity index (χ4v) is 8.17. The number of nitrogens with zero attached hydrogens (tertiary/aromatic N) is 5. The van der Waals surface area contributed by atoms with Crippen LogP contribution in [0.5, 0.6) is 0 Å². The minimum absolute atomic E-state index is 0.153. The molecule has 9 rings (SSSR count). The predicted octanol–water partition coefficient (Wildman–Crippen LogP) is 14.1. The summed E-state index contributed by atoms with van der Waals surface area (Å²) >= 11 is 0. The Hall–Kier alpha value is -7.76. The summed E-state index contributed by atoms with van der Waals surface area (Å²) in [7, 11) is 2.11. The Balaban J connectivity index is 1.18. The summed E-state index contributed by atoms with van der Waals surface area (Å²) in [6.45, 7) is 5.81. The molecule has 0 amide bonds. The summed E-state index contributed by atoms with van der Waals surface area (Å²) in [6.07, 6.45) is 21.6. The normalized spacial score (nSPS) is 16.1. The number of benzene rings is 6. The smallest absolute Gasteiger partial charge is 0.164 e. The van der Waals surface area contributed by atoms with Crippen LogP contribution in [0.15, 0.2) is 229 Å². The number of hydrogen-bond acceptors (Lipinski definition) is 5. The summed E-state index contributed by atoms with van der Waals surface area (Å²) in [5.74, 6) is 2.01. The molecule has 0 saturated heterocycles. The van der Waals surface area contributed by atoms with Gasteiger partial charge in [-0.05, 0) is 106 Å². The van der Waals surface area contributed by atoms with Crippen LogP contribution in [0.2, 0.25) is 0 Å². The third-order valence-corrected chi connectivity index (χ3v) is 11.5. The highest BCUT2D eigenvalue weighted by molar-refractivity contribution is 5.81. The van der Waals surface area contributed by atoms with Crippen molar-refractivity contribution in [1.29, 1.82) is 0 Å². The molecular formula is C57H47N5. The van der Waals surface area contributed by atoms with E-state index in [1.165, 1.54) is 11.1 Å². The number of hydrogen-bond donors (Lipinski definition) is 0. The lowest BCUT2D eigenvalue weighted by Gasteiger charge is -2.26. The lowest BCUT2D eigenvalue weighted by Crippen LogP contribution is -2.18. The fraction of sp³-hybridized carbons (Fsp3) is 0.0877. The third kappa shape index (κ3) is 8.74. The van der Waals surface area contributed by atoms with Gasteiger partial charge in [-0.1, -0.05) is 170 Å². The molecule has 0 bridgehead atoms. The maximum absolute atomic E-state index is 5.35. The number of allylic oxidation sites excluding steroid dienone is 7. The van der Waals surface area contributed by atoms with E-state index in [2.05, 4.69) is 200 Å². The van der Waals surface area contributed by atoms with Gasteiger partial charge in [-0.2, -0.15) is 0 Å².